The Balaban J connectivity index is 1.48. The van der Waals surface area contributed by atoms with E-state index >= 15 is 0 Å². The molecule has 2 aliphatic carbocycles. The van der Waals surface area contributed by atoms with Crippen LogP contribution in [0.15, 0.2) is 36.4 Å². The third-order valence-corrected chi connectivity index (χ3v) is 7.43. The van der Waals surface area contributed by atoms with Crippen molar-refractivity contribution in [3.8, 4) is 0 Å². The number of nitrogens with zero attached hydrogens (tertiary/aromatic N) is 1. The molecule has 2 aromatic rings. The Morgan fingerprint density at radius 3 is 2.86 bits per heavy atom. The second-order valence-corrected chi connectivity index (χ2v) is 9.14. The first-order chi connectivity index (χ1) is 13.6. The van der Waals surface area contributed by atoms with E-state index < -0.39 is 0 Å². The number of hydrogen-bond acceptors (Lipinski definition) is 3. The minimum absolute atomic E-state index is 0.0299. The lowest BCUT2D eigenvalue weighted by Crippen LogP contribution is -2.42. The Morgan fingerprint density at radius 1 is 1.14 bits per heavy atom. The van der Waals surface area contributed by atoms with Gasteiger partial charge >= 0.3 is 5.97 Å². The average molecular weight is 376 g/mol. The van der Waals surface area contributed by atoms with Crippen LogP contribution in [0.1, 0.15) is 50.3 Å². The molecular weight excluding hydrogens is 346 g/mol. The van der Waals surface area contributed by atoms with E-state index in [2.05, 4.69) is 56.3 Å². The highest BCUT2D eigenvalue weighted by molar-refractivity contribution is 5.80. The fraction of sp³-hybridized carbons (Fsp3) is 0.520. The summed E-state index contributed by atoms with van der Waals surface area (Å²) in [6.45, 7) is 4.19. The van der Waals surface area contributed by atoms with Gasteiger partial charge in [-0.05, 0) is 68.2 Å². The monoisotopic (exact) mass is 375 g/mol. The number of rotatable bonds is 2. The van der Waals surface area contributed by atoms with Crippen LogP contribution in [0.4, 0.5) is 0 Å². The van der Waals surface area contributed by atoms with Crippen molar-refractivity contribution in [2.75, 3.05) is 0 Å². The quantitative estimate of drug-likeness (QED) is 0.645. The van der Waals surface area contributed by atoms with Crippen LogP contribution in [0.25, 0.3) is 17.0 Å². The SMILES string of the molecule is Cc1ccc2ccc(/C=C/[C@H]3[C@@H]4CCCC[C@H]4C[C@H]4C(=O)O[C@H](C)[C@@H]34)nc2c1. The lowest BCUT2D eigenvalue weighted by Gasteiger charge is -2.45. The van der Waals surface area contributed by atoms with Crippen molar-refractivity contribution < 1.29 is 9.53 Å². The van der Waals surface area contributed by atoms with Gasteiger partial charge < -0.3 is 4.74 Å². The van der Waals surface area contributed by atoms with Crippen molar-refractivity contribution in [2.45, 2.75) is 52.1 Å². The molecule has 0 amide bonds. The van der Waals surface area contributed by atoms with Crippen LogP contribution in [-0.4, -0.2) is 17.1 Å². The van der Waals surface area contributed by atoms with Crippen molar-refractivity contribution in [1.82, 2.24) is 4.98 Å². The molecule has 0 unspecified atom stereocenters. The van der Waals surface area contributed by atoms with Crippen LogP contribution in [0.5, 0.6) is 0 Å². The second-order valence-electron chi connectivity index (χ2n) is 9.14. The van der Waals surface area contributed by atoms with Gasteiger partial charge in [-0.2, -0.15) is 0 Å². The van der Waals surface area contributed by atoms with E-state index in [1.807, 2.05) is 0 Å². The zero-order valence-corrected chi connectivity index (χ0v) is 16.8. The molecule has 0 N–H and O–H groups in total. The molecule has 3 fully saturated rings. The number of aryl methyl sites for hydroxylation is 1. The molecule has 1 aliphatic heterocycles. The Bertz CT molecular complexity index is 933. The molecule has 3 aliphatic rings. The van der Waals surface area contributed by atoms with Crippen LogP contribution in [0, 0.1) is 36.5 Å². The molecule has 5 rings (SSSR count). The first kappa shape index (κ1) is 17.9. The summed E-state index contributed by atoms with van der Waals surface area (Å²) in [5.41, 5.74) is 3.29. The van der Waals surface area contributed by atoms with Crippen molar-refractivity contribution in [3.05, 3.63) is 47.7 Å². The standard InChI is InChI=1S/C25H29NO2/c1-15-7-8-17-9-10-19(26-23(17)13-15)11-12-21-20-6-4-3-5-18(20)14-22-24(21)16(2)28-25(22)27/h7-13,16,18,20-22,24H,3-6,14H2,1-2H3/b12-11+/t16-,18+,20-,21+,22-,24+/m1/s1. The van der Waals surface area contributed by atoms with E-state index in [1.54, 1.807) is 0 Å². The molecule has 0 radical (unpaired) electrons. The summed E-state index contributed by atoms with van der Waals surface area (Å²) in [4.78, 5) is 17.3. The number of carbonyl (C=O) groups is 1. The molecule has 1 saturated heterocycles. The lowest BCUT2D eigenvalue weighted by atomic mass is 9.57. The number of cyclic esters (lactones) is 1. The maximum Gasteiger partial charge on any atom is 0.309 e. The fourth-order valence-corrected chi connectivity index (χ4v) is 6.13. The first-order valence-electron chi connectivity index (χ1n) is 10.9. The third kappa shape index (κ3) is 3.05. The molecule has 2 heterocycles. The number of fused-ring (bicyclic) bond motifs is 3. The van der Waals surface area contributed by atoms with E-state index in [9.17, 15) is 4.79 Å². The summed E-state index contributed by atoms with van der Waals surface area (Å²) in [7, 11) is 0. The van der Waals surface area contributed by atoms with Gasteiger partial charge in [0.15, 0.2) is 0 Å². The summed E-state index contributed by atoms with van der Waals surface area (Å²) in [6, 6.07) is 10.7. The van der Waals surface area contributed by atoms with E-state index in [1.165, 1.54) is 36.6 Å². The number of aromatic nitrogens is 1. The van der Waals surface area contributed by atoms with Gasteiger partial charge in [0.1, 0.15) is 6.10 Å². The van der Waals surface area contributed by atoms with Gasteiger partial charge in [0.25, 0.3) is 0 Å². The number of allylic oxidation sites excluding steroid dienone is 1. The predicted octanol–water partition coefficient (Wildman–Crippen LogP) is 5.56. The van der Waals surface area contributed by atoms with Crippen LogP contribution in [-0.2, 0) is 9.53 Å². The van der Waals surface area contributed by atoms with Gasteiger partial charge in [0.05, 0.1) is 17.1 Å². The van der Waals surface area contributed by atoms with E-state index in [0.717, 1.165) is 17.6 Å². The molecule has 28 heavy (non-hydrogen) atoms. The van der Waals surface area contributed by atoms with Gasteiger partial charge in [0, 0.05) is 11.3 Å². The van der Waals surface area contributed by atoms with Crippen LogP contribution >= 0.6 is 0 Å². The zero-order valence-electron chi connectivity index (χ0n) is 16.8. The smallest absolute Gasteiger partial charge is 0.309 e. The molecular formula is C25H29NO2. The van der Waals surface area contributed by atoms with Crippen molar-refractivity contribution in [1.29, 1.82) is 0 Å². The largest absolute Gasteiger partial charge is 0.462 e. The van der Waals surface area contributed by atoms with Gasteiger partial charge in [-0.15, -0.1) is 0 Å². The summed E-state index contributed by atoms with van der Waals surface area (Å²) < 4.78 is 5.68. The van der Waals surface area contributed by atoms with Crippen molar-refractivity contribution in [2.24, 2.45) is 29.6 Å². The molecule has 1 aromatic carbocycles. The number of carbonyl (C=O) groups excluding carboxylic acids is 1. The second kappa shape index (κ2) is 7.02. The first-order valence-corrected chi connectivity index (χ1v) is 10.9. The van der Waals surface area contributed by atoms with Gasteiger partial charge in [-0.1, -0.05) is 43.5 Å². The highest BCUT2D eigenvalue weighted by Gasteiger charge is 2.53. The Hall–Kier alpha value is -2.16. The highest BCUT2D eigenvalue weighted by Crippen LogP contribution is 2.53. The summed E-state index contributed by atoms with van der Waals surface area (Å²) >= 11 is 0. The average Bonchev–Trinajstić information content (AvgIpc) is 2.98. The summed E-state index contributed by atoms with van der Waals surface area (Å²) in [5, 5.41) is 1.18. The maximum atomic E-state index is 12.4. The van der Waals surface area contributed by atoms with Crippen LogP contribution in [0.2, 0.25) is 0 Å². The molecule has 0 spiro atoms. The molecule has 6 atom stereocenters. The third-order valence-electron chi connectivity index (χ3n) is 7.43. The zero-order chi connectivity index (χ0) is 19.3. The van der Waals surface area contributed by atoms with Crippen LogP contribution in [0.3, 0.4) is 0 Å². The topological polar surface area (TPSA) is 39.2 Å². The number of hydrogen-bond donors (Lipinski definition) is 0. The van der Waals surface area contributed by atoms with E-state index in [-0.39, 0.29) is 18.0 Å². The van der Waals surface area contributed by atoms with Crippen molar-refractivity contribution >= 4 is 22.9 Å². The minimum Gasteiger partial charge on any atom is -0.462 e. The molecule has 3 nitrogen and oxygen atoms in total. The van der Waals surface area contributed by atoms with Gasteiger partial charge in [-0.25, -0.2) is 4.98 Å². The van der Waals surface area contributed by atoms with Gasteiger partial charge in [0.2, 0.25) is 0 Å². The van der Waals surface area contributed by atoms with Gasteiger partial charge in [-0.3, -0.25) is 4.79 Å². The number of pyridine rings is 1. The minimum atomic E-state index is 0.0299. The molecule has 3 heteroatoms. The number of benzene rings is 1. The molecule has 0 bridgehead atoms. The molecule has 146 valence electrons. The highest BCUT2D eigenvalue weighted by atomic mass is 16.6. The summed E-state index contributed by atoms with van der Waals surface area (Å²) in [6.07, 6.45) is 10.8. The lowest BCUT2D eigenvalue weighted by molar-refractivity contribution is -0.144. The Kier molecular flexibility index (Phi) is 4.49. The number of esters is 1. The fourth-order valence-electron chi connectivity index (χ4n) is 6.13. The predicted molar refractivity (Wildman–Crippen MR) is 112 cm³/mol. The summed E-state index contributed by atoms with van der Waals surface area (Å²) in [5.74, 6) is 2.24. The Labute approximate surface area is 167 Å². The molecule has 2 saturated carbocycles. The maximum absolute atomic E-state index is 12.4. The normalized spacial score (nSPS) is 35.0. The van der Waals surface area contributed by atoms with Crippen molar-refractivity contribution in [3.63, 3.8) is 0 Å². The molecule has 1 aromatic heterocycles. The Morgan fingerprint density at radius 2 is 1.96 bits per heavy atom. The van der Waals surface area contributed by atoms with E-state index in [4.69, 9.17) is 9.72 Å². The van der Waals surface area contributed by atoms with Crippen LogP contribution < -0.4 is 0 Å². The van der Waals surface area contributed by atoms with E-state index in [0.29, 0.717) is 23.7 Å². The number of ether oxygens (including phenoxy) is 1.